The number of hydrogen-bond acceptors (Lipinski definition) is 2. The van der Waals surface area contributed by atoms with Crippen molar-refractivity contribution in [1.29, 1.82) is 0 Å². The Kier molecular flexibility index (Phi) is 10.4. The van der Waals surface area contributed by atoms with Crippen LogP contribution in [0.2, 0.25) is 0 Å². The Balaban J connectivity index is 0. The van der Waals surface area contributed by atoms with Gasteiger partial charge in [-0.1, -0.05) is 0 Å². The first-order valence-electron chi connectivity index (χ1n) is 3.79. The Bertz CT molecular complexity index is 221. The summed E-state index contributed by atoms with van der Waals surface area (Å²) < 4.78 is 40.1. The standard InChI is InChI=1S/C4HF3S.C4H10O.B/c5-2-1-8-4(7)3(2)6;1-3-5-4-2;/h1H;3-4H2,1-2H3;. The van der Waals surface area contributed by atoms with Crippen LogP contribution in [0.15, 0.2) is 5.38 Å². The van der Waals surface area contributed by atoms with E-state index >= 15 is 0 Å². The van der Waals surface area contributed by atoms with Gasteiger partial charge in [0, 0.05) is 27.0 Å². The van der Waals surface area contributed by atoms with Gasteiger partial charge in [-0.05, 0) is 13.8 Å². The molecule has 6 heteroatoms. The van der Waals surface area contributed by atoms with Crippen molar-refractivity contribution in [2.45, 2.75) is 13.8 Å². The Labute approximate surface area is 87.5 Å². The van der Waals surface area contributed by atoms with Crippen LogP contribution >= 0.6 is 11.3 Å². The summed E-state index contributed by atoms with van der Waals surface area (Å²) >= 11 is 0.414. The summed E-state index contributed by atoms with van der Waals surface area (Å²) in [6.45, 7) is 5.67. The van der Waals surface area contributed by atoms with Crippen LogP contribution in [0.1, 0.15) is 13.8 Å². The second kappa shape index (κ2) is 9.08. The highest BCUT2D eigenvalue weighted by atomic mass is 32.1. The summed E-state index contributed by atoms with van der Waals surface area (Å²) in [7, 11) is 0. The molecule has 0 unspecified atom stereocenters. The topological polar surface area (TPSA) is 9.23 Å². The Hall–Kier alpha value is -0.485. The normalized spacial score (nSPS) is 8.64. The van der Waals surface area contributed by atoms with E-state index in [9.17, 15) is 13.2 Å². The molecule has 0 amide bonds. The van der Waals surface area contributed by atoms with Gasteiger partial charge in [0.2, 0.25) is 10.9 Å². The SMILES string of the molecule is CCOCC.Fc1csc(F)c1F.[B]. The van der Waals surface area contributed by atoms with Crippen molar-refractivity contribution in [3.8, 4) is 0 Å². The summed E-state index contributed by atoms with van der Waals surface area (Å²) in [6.07, 6.45) is 0. The third-order valence-corrected chi connectivity index (χ3v) is 1.77. The predicted octanol–water partition coefficient (Wildman–Crippen LogP) is 2.83. The van der Waals surface area contributed by atoms with Crippen LogP contribution in [0.25, 0.3) is 0 Å². The van der Waals surface area contributed by atoms with E-state index in [-0.39, 0.29) is 8.41 Å². The lowest BCUT2D eigenvalue weighted by molar-refractivity contribution is 0.162. The van der Waals surface area contributed by atoms with Crippen molar-refractivity contribution in [3.05, 3.63) is 22.1 Å². The van der Waals surface area contributed by atoms with Gasteiger partial charge in [-0.3, -0.25) is 0 Å². The van der Waals surface area contributed by atoms with E-state index in [1.807, 2.05) is 13.8 Å². The van der Waals surface area contributed by atoms with Gasteiger partial charge in [0.25, 0.3) is 0 Å². The highest BCUT2D eigenvalue weighted by Gasteiger charge is 2.08. The minimum Gasteiger partial charge on any atom is -0.382 e. The molecule has 0 fully saturated rings. The predicted molar refractivity (Wildman–Crippen MR) is 52.1 cm³/mol. The third-order valence-electron chi connectivity index (χ3n) is 1.06. The second-order valence-corrected chi connectivity index (χ2v) is 2.78. The molecule has 0 spiro atoms. The molecule has 0 saturated carbocycles. The van der Waals surface area contributed by atoms with Crippen LogP contribution in [-0.4, -0.2) is 21.6 Å². The smallest absolute Gasteiger partial charge is 0.215 e. The van der Waals surface area contributed by atoms with Crippen molar-refractivity contribution in [2.75, 3.05) is 13.2 Å². The number of thiophene rings is 1. The highest BCUT2D eigenvalue weighted by molar-refractivity contribution is 7.08. The zero-order valence-corrected chi connectivity index (χ0v) is 8.84. The molecule has 1 heterocycles. The molecule has 0 bridgehead atoms. The summed E-state index contributed by atoms with van der Waals surface area (Å²) in [5.74, 6) is -2.50. The van der Waals surface area contributed by atoms with E-state index in [4.69, 9.17) is 4.74 Å². The molecule has 0 aromatic carbocycles. The van der Waals surface area contributed by atoms with Crippen molar-refractivity contribution in [3.63, 3.8) is 0 Å². The molecule has 79 valence electrons. The first kappa shape index (κ1) is 16.0. The van der Waals surface area contributed by atoms with E-state index in [1.54, 1.807) is 0 Å². The molecule has 0 aliphatic carbocycles. The van der Waals surface area contributed by atoms with Gasteiger partial charge in [-0.2, -0.15) is 8.78 Å². The molecular weight excluding hydrogens is 212 g/mol. The van der Waals surface area contributed by atoms with E-state index in [2.05, 4.69) is 0 Å². The summed E-state index contributed by atoms with van der Waals surface area (Å²) in [5, 5.41) is -0.312. The van der Waals surface area contributed by atoms with Crippen LogP contribution in [0.4, 0.5) is 13.2 Å². The van der Waals surface area contributed by atoms with Gasteiger partial charge in [-0.15, -0.1) is 11.3 Å². The third kappa shape index (κ3) is 6.04. The number of hydrogen-bond donors (Lipinski definition) is 0. The van der Waals surface area contributed by atoms with Gasteiger partial charge < -0.3 is 4.74 Å². The van der Waals surface area contributed by atoms with E-state index in [0.29, 0.717) is 11.3 Å². The van der Waals surface area contributed by atoms with Crippen LogP contribution in [0, 0.1) is 16.8 Å². The van der Waals surface area contributed by atoms with Gasteiger partial charge in [0.15, 0.2) is 5.82 Å². The molecule has 3 radical (unpaired) electrons. The Morgan fingerprint density at radius 2 is 1.71 bits per heavy atom. The minimum absolute atomic E-state index is 0. The van der Waals surface area contributed by atoms with E-state index in [0.717, 1.165) is 18.6 Å². The Morgan fingerprint density at radius 3 is 1.79 bits per heavy atom. The summed E-state index contributed by atoms with van der Waals surface area (Å²) in [5.41, 5.74) is 0. The van der Waals surface area contributed by atoms with E-state index < -0.39 is 16.8 Å². The summed E-state index contributed by atoms with van der Waals surface area (Å²) in [4.78, 5) is 0. The average molecular weight is 223 g/mol. The van der Waals surface area contributed by atoms with Crippen molar-refractivity contribution in [1.82, 2.24) is 0 Å². The minimum atomic E-state index is -1.38. The van der Waals surface area contributed by atoms with Gasteiger partial charge >= 0.3 is 0 Å². The van der Waals surface area contributed by atoms with Crippen LogP contribution < -0.4 is 0 Å². The molecule has 1 nitrogen and oxygen atoms in total. The molecule has 14 heavy (non-hydrogen) atoms. The molecule has 1 rings (SSSR count). The fourth-order valence-corrected chi connectivity index (χ4v) is 1.02. The second-order valence-electron chi connectivity index (χ2n) is 1.95. The van der Waals surface area contributed by atoms with Crippen molar-refractivity contribution < 1.29 is 17.9 Å². The fraction of sp³-hybridized carbons (Fsp3) is 0.500. The maximum atomic E-state index is 11.8. The first-order chi connectivity index (χ1) is 6.13. The zero-order chi connectivity index (χ0) is 10.3. The molecule has 0 N–H and O–H groups in total. The lowest BCUT2D eigenvalue weighted by atomic mass is 10.6. The average Bonchev–Trinajstić information content (AvgIpc) is 2.39. The number of ether oxygens (including phenoxy) is 1. The van der Waals surface area contributed by atoms with Crippen molar-refractivity contribution >= 4 is 19.7 Å². The largest absolute Gasteiger partial charge is 0.382 e. The molecule has 0 atom stereocenters. The number of halogens is 3. The van der Waals surface area contributed by atoms with Gasteiger partial charge in [0.05, 0.1) is 0 Å². The van der Waals surface area contributed by atoms with Crippen LogP contribution in [-0.2, 0) is 4.74 Å². The molecular formula is C8H11BF3OS. The lowest BCUT2D eigenvalue weighted by Gasteiger charge is -1.86. The van der Waals surface area contributed by atoms with Crippen LogP contribution in [0.5, 0.6) is 0 Å². The highest BCUT2D eigenvalue weighted by Crippen LogP contribution is 2.16. The quantitative estimate of drug-likeness (QED) is 0.700. The molecule has 1 aromatic heterocycles. The molecule has 1 aromatic rings. The van der Waals surface area contributed by atoms with Crippen molar-refractivity contribution in [2.24, 2.45) is 0 Å². The lowest BCUT2D eigenvalue weighted by Crippen LogP contribution is -1.84. The van der Waals surface area contributed by atoms with Crippen LogP contribution in [0.3, 0.4) is 0 Å². The maximum Gasteiger partial charge on any atom is 0.215 e. The number of rotatable bonds is 2. The molecule has 0 aliphatic rings. The fourth-order valence-electron chi connectivity index (χ4n) is 0.505. The van der Waals surface area contributed by atoms with Gasteiger partial charge in [0.1, 0.15) is 0 Å². The molecule has 0 saturated heterocycles. The van der Waals surface area contributed by atoms with E-state index in [1.165, 1.54) is 0 Å². The molecule has 0 aliphatic heterocycles. The monoisotopic (exact) mass is 223 g/mol. The summed E-state index contributed by atoms with van der Waals surface area (Å²) in [6, 6.07) is 0. The van der Waals surface area contributed by atoms with Gasteiger partial charge in [-0.25, -0.2) is 4.39 Å². The Morgan fingerprint density at radius 1 is 1.21 bits per heavy atom. The zero-order valence-electron chi connectivity index (χ0n) is 8.02. The first-order valence-corrected chi connectivity index (χ1v) is 4.67. The maximum absolute atomic E-state index is 11.8.